The van der Waals surface area contributed by atoms with Gasteiger partial charge >= 0.3 is 0 Å². The average Bonchev–Trinajstić information content (AvgIpc) is 2.19. The van der Waals surface area contributed by atoms with Gasteiger partial charge in [0.2, 0.25) is 0 Å². The van der Waals surface area contributed by atoms with E-state index in [1.807, 2.05) is 19.0 Å². The summed E-state index contributed by atoms with van der Waals surface area (Å²) in [6, 6.07) is 1.22. The summed E-state index contributed by atoms with van der Waals surface area (Å²) in [4.78, 5) is 4.41. The first-order valence-corrected chi connectivity index (χ1v) is 6.25. The lowest BCUT2D eigenvalue weighted by atomic mass is 9.99. The number of hydrogen-bond acceptors (Lipinski definition) is 4. The summed E-state index contributed by atoms with van der Waals surface area (Å²) in [6.07, 6.45) is 2.12. The van der Waals surface area contributed by atoms with Gasteiger partial charge in [0.25, 0.3) is 0 Å². The fraction of sp³-hybridized carbons (Fsp3) is 1.00. The van der Waals surface area contributed by atoms with E-state index in [0.29, 0.717) is 18.6 Å². The second-order valence-electron chi connectivity index (χ2n) is 5.38. The van der Waals surface area contributed by atoms with Crippen molar-refractivity contribution in [2.75, 3.05) is 40.8 Å². The molecule has 1 saturated heterocycles. The van der Waals surface area contributed by atoms with Crippen molar-refractivity contribution in [3.63, 3.8) is 0 Å². The summed E-state index contributed by atoms with van der Waals surface area (Å²) in [7, 11) is 6.16. The van der Waals surface area contributed by atoms with E-state index < -0.39 is 0 Å². The van der Waals surface area contributed by atoms with Gasteiger partial charge in [-0.1, -0.05) is 0 Å². The number of nitrogens with one attached hydrogen (secondary N) is 1. The molecular formula is C12H27N3O. The van der Waals surface area contributed by atoms with E-state index in [2.05, 4.69) is 24.2 Å². The molecule has 3 unspecified atom stereocenters. The van der Waals surface area contributed by atoms with Gasteiger partial charge < -0.3 is 20.2 Å². The Morgan fingerprint density at radius 1 is 1.50 bits per heavy atom. The van der Waals surface area contributed by atoms with E-state index in [0.717, 1.165) is 13.1 Å². The summed E-state index contributed by atoms with van der Waals surface area (Å²) in [6.45, 7) is 4.86. The van der Waals surface area contributed by atoms with Gasteiger partial charge in [0.1, 0.15) is 0 Å². The molecule has 0 radical (unpaired) electrons. The predicted molar refractivity (Wildman–Crippen MR) is 67.7 cm³/mol. The van der Waals surface area contributed by atoms with Crippen molar-refractivity contribution in [3.8, 4) is 0 Å². The molecule has 3 atom stereocenters. The van der Waals surface area contributed by atoms with E-state index in [1.165, 1.54) is 12.8 Å². The van der Waals surface area contributed by atoms with Gasteiger partial charge in [-0.2, -0.15) is 0 Å². The largest absolute Gasteiger partial charge is 0.390 e. The molecule has 96 valence electrons. The molecule has 4 nitrogen and oxygen atoms in total. The maximum atomic E-state index is 9.75. The summed E-state index contributed by atoms with van der Waals surface area (Å²) < 4.78 is 0. The summed E-state index contributed by atoms with van der Waals surface area (Å²) in [5, 5.41) is 13.2. The van der Waals surface area contributed by atoms with Crippen LogP contribution in [0, 0.1) is 0 Å². The number of likely N-dealkylation sites (N-methyl/N-ethyl adjacent to an activating group) is 1. The molecule has 0 aromatic heterocycles. The molecule has 0 aromatic rings. The molecule has 0 amide bonds. The van der Waals surface area contributed by atoms with E-state index in [1.54, 1.807) is 0 Å². The Labute approximate surface area is 99.6 Å². The first-order chi connectivity index (χ1) is 7.49. The van der Waals surface area contributed by atoms with Crippen molar-refractivity contribution in [3.05, 3.63) is 0 Å². The second kappa shape index (κ2) is 6.55. The van der Waals surface area contributed by atoms with Gasteiger partial charge in [-0.25, -0.2) is 0 Å². The highest BCUT2D eigenvalue weighted by Crippen LogP contribution is 2.14. The molecule has 1 fully saturated rings. The number of likely N-dealkylation sites (tertiary alicyclic amines) is 1. The Bertz CT molecular complexity index is 199. The summed E-state index contributed by atoms with van der Waals surface area (Å²) in [5.41, 5.74) is 0. The number of rotatable bonds is 5. The molecule has 0 saturated carbocycles. The van der Waals surface area contributed by atoms with E-state index in [9.17, 15) is 5.11 Å². The smallest absolute Gasteiger partial charge is 0.0791 e. The molecule has 1 aliphatic rings. The highest BCUT2D eigenvalue weighted by atomic mass is 16.3. The van der Waals surface area contributed by atoms with Crippen molar-refractivity contribution in [1.82, 2.24) is 15.1 Å². The maximum Gasteiger partial charge on any atom is 0.0791 e. The number of nitrogens with zero attached hydrogens (tertiary/aromatic N) is 2. The quantitative estimate of drug-likeness (QED) is 0.695. The third kappa shape index (κ3) is 4.78. The van der Waals surface area contributed by atoms with Gasteiger partial charge in [-0.05, 0) is 47.5 Å². The lowest BCUT2D eigenvalue weighted by molar-refractivity contribution is 0.117. The van der Waals surface area contributed by atoms with Crippen LogP contribution in [-0.2, 0) is 0 Å². The predicted octanol–water partition coefficient (Wildman–Crippen LogP) is -0.0188. The molecule has 0 spiro atoms. The first kappa shape index (κ1) is 13.9. The Hall–Kier alpha value is -0.160. The molecule has 1 heterocycles. The fourth-order valence-corrected chi connectivity index (χ4v) is 2.26. The third-order valence-corrected chi connectivity index (χ3v) is 3.43. The van der Waals surface area contributed by atoms with Crippen LogP contribution in [-0.4, -0.2) is 73.9 Å². The Kier molecular flexibility index (Phi) is 5.69. The van der Waals surface area contributed by atoms with Crippen molar-refractivity contribution < 1.29 is 5.11 Å². The number of piperidine rings is 1. The number of aliphatic hydroxyl groups excluding tert-OH is 1. The van der Waals surface area contributed by atoms with E-state index in [4.69, 9.17) is 0 Å². The van der Waals surface area contributed by atoms with Crippen molar-refractivity contribution in [2.24, 2.45) is 0 Å². The minimum Gasteiger partial charge on any atom is -0.390 e. The molecule has 4 heteroatoms. The van der Waals surface area contributed by atoms with Gasteiger partial charge in [0.15, 0.2) is 0 Å². The lowest BCUT2D eigenvalue weighted by Gasteiger charge is -2.35. The maximum absolute atomic E-state index is 9.75. The molecule has 0 bridgehead atoms. The van der Waals surface area contributed by atoms with Crippen molar-refractivity contribution in [1.29, 1.82) is 0 Å². The third-order valence-electron chi connectivity index (χ3n) is 3.43. The normalized spacial score (nSPS) is 29.6. The first-order valence-electron chi connectivity index (χ1n) is 6.25. The Morgan fingerprint density at radius 3 is 2.75 bits per heavy atom. The van der Waals surface area contributed by atoms with Crippen molar-refractivity contribution in [2.45, 2.75) is 38.0 Å². The SMILES string of the molecule is CC1CC(NCC(O)CN(C)C)CCN1C. The van der Waals surface area contributed by atoms with Crippen molar-refractivity contribution >= 4 is 0 Å². The highest BCUT2D eigenvalue weighted by molar-refractivity contribution is 4.81. The van der Waals surface area contributed by atoms with Gasteiger partial charge in [-0.3, -0.25) is 0 Å². The van der Waals surface area contributed by atoms with Crippen LogP contribution < -0.4 is 5.32 Å². The van der Waals surface area contributed by atoms with Crippen LogP contribution in [0.2, 0.25) is 0 Å². The molecule has 2 N–H and O–H groups in total. The molecule has 1 aliphatic heterocycles. The van der Waals surface area contributed by atoms with Crippen LogP contribution in [0.4, 0.5) is 0 Å². The molecule has 16 heavy (non-hydrogen) atoms. The van der Waals surface area contributed by atoms with Crippen LogP contribution in [0.15, 0.2) is 0 Å². The zero-order chi connectivity index (χ0) is 12.1. The molecular weight excluding hydrogens is 202 g/mol. The minimum atomic E-state index is -0.259. The fourth-order valence-electron chi connectivity index (χ4n) is 2.26. The standard InChI is InChI=1S/C12H27N3O/c1-10-7-11(5-6-15(10)4)13-8-12(16)9-14(2)3/h10-13,16H,5-9H2,1-4H3. The zero-order valence-corrected chi connectivity index (χ0v) is 11.1. The Morgan fingerprint density at radius 2 is 2.19 bits per heavy atom. The van der Waals surface area contributed by atoms with E-state index >= 15 is 0 Å². The van der Waals surface area contributed by atoms with Gasteiger partial charge in [0, 0.05) is 25.2 Å². The molecule has 0 aliphatic carbocycles. The van der Waals surface area contributed by atoms with Crippen LogP contribution in [0.1, 0.15) is 19.8 Å². The zero-order valence-electron chi connectivity index (χ0n) is 11.1. The van der Waals surface area contributed by atoms with Crippen LogP contribution in [0.3, 0.4) is 0 Å². The van der Waals surface area contributed by atoms with E-state index in [-0.39, 0.29) is 6.10 Å². The highest BCUT2D eigenvalue weighted by Gasteiger charge is 2.22. The average molecular weight is 229 g/mol. The van der Waals surface area contributed by atoms with Gasteiger partial charge in [-0.15, -0.1) is 0 Å². The lowest BCUT2D eigenvalue weighted by Crippen LogP contribution is -2.48. The van der Waals surface area contributed by atoms with Crippen LogP contribution in [0.25, 0.3) is 0 Å². The topological polar surface area (TPSA) is 38.7 Å². The van der Waals surface area contributed by atoms with Gasteiger partial charge in [0.05, 0.1) is 6.10 Å². The van der Waals surface area contributed by atoms with Crippen LogP contribution >= 0.6 is 0 Å². The summed E-state index contributed by atoms with van der Waals surface area (Å²) in [5.74, 6) is 0. The number of aliphatic hydroxyl groups is 1. The summed E-state index contributed by atoms with van der Waals surface area (Å²) >= 11 is 0. The number of hydrogen-bond donors (Lipinski definition) is 2. The molecule has 1 rings (SSSR count). The van der Waals surface area contributed by atoms with Crippen LogP contribution in [0.5, 0.6) is 0 Å². The Balaban J connectivity index is 2.18. The molecule has 0 aromatic carbocycles. The second-order valence-corrected chi connectivity index (χ2v) is 5.38. The minimum absolute atomic E-state index is 0.259. The monoisotopic (exact) mass is 229 g/mol.